The van der Waals surface area contributed by atoms with Crippen molar-refractivity contribution in [2.45, 2.75) is 33.2 Å². The highest BCUT2D eigenvalue weighted by molar-refractivity contribution is 5.68. The smallest absolute Gasteiger partial charge is 0.305 e. The molecule has 7 heteroatoms. The monoisotopic (exact) mass is 284 g/mol. The molecule has 1 unspecified atom stereocenters. The predicted molar refractivity (Wildman–Crippen MR) is 72.2 cm³/mol. The van der Waals surface area contributed by atoms with Gasteiger partial charge in [0.25, 0.3) is 5.69 Å². The number of benzene rings is 1. The van der Waals surface area contributed by atoms with E-state index < -0.39 is 28.2 Å². The van der Waals surface area contributed by atoms with E-state index in [1.807, 2.05) is 20.8 Å². The number of carboxylic acids is 1. The summed E-state index contributed by atoms with van der Waals surface area (Å²) in [6.07, 6.45) is -0.173. The van der Waals surface area contributed by atoms with Crippen LogP contribution in [0.1, 0.15) is 27.2 Å². The van der Waals surface area contributed by atoms with Crippen LogP contribution in [-0.4, -0.2) is 22.0 Å². The van der Waals surface area contributed by atoms with E-state index in [0.717, 1.165) is 12.1 Å². The Morgan fingerprint density at radius 2 is 2.05 bits per heavy atom. The summed E-state index contributed by atoms with van der Waals surface area (Å²) >= 11 is 0. The molecule has 6 nitrogen and oxygen atoms in total. The number of carbonyl (C=O) groups is 1. The number of carboxylic acid groups (broad SMARTS) is 1. The van der Waals surface area contributed by atoms with Gasteiger partial charge in [-0.2, -0.15) is 0 Å². The van der Waals surface area contributed by atoms with E-state index in [2.05, 4.69) is 5.32 Å². The van der Waals surface area contributed by atoms with Gasteiger partial charge in [-0.3, -0.25) is 14.9 Å². The van der Waals surface area contributed by atoms with Gasteiger partial charge in [-0.25, -0.2) is 4.39 Å². The topological polar surface area (TPSA) is 92.5 Å². The van der Waals surface area contributed by atoms with Crippen LogP contribution in [0.4, 0.5) is 15.8 Å². The van der Waals surface area contributed by atoms with E-state index in [4.69, 9.17) is 5.11 Å². The number of nitrogens with one attached hydrogen (secondary N) is 1. The minimum Gasteiger partial charge on any atom is -0.481 e. The van der Waals surface area contributed by atoms with Gasteiger partial charge < -0.3 is 10.4 Å². The van der Waals surface area contributed by atoms with E-state index in [1.54, 1.807) is 0 Å². The molecule has 0 heterocycles. The van der Waals surface area contributed by atoms with Gasteiger partial charge in [0, 0.05) is 17.8 Å². The molecule has 0 radical (unpaired) electrons. The van der Waals surface area contributed by atoms with Crippen LogP contribution < -0.4 is 5.32 Å². The maximum Gasteiger partial charge on any atom is 0.305 e. The summed E-state index contributed by atoms with van der Waals surface area (Å²) in [4.78, 5) is 20.9. The lowest BCUT2D eigenvalue weighted by Gasteiger charge is -2.31. The van der Waals surface area contributed by atoms with Crippen LogP contribution >= 0.6 is 0 Å². The average Bonchev–Trinajstić information content (AvgIpc) is 2.25. The zero-order valence-electron chi connectivity index (χ0n) is 11.5. The Bertz CT molecular complexity index is 526. The Morgan fingerprint density at radius 1 is 1.45 bits per heavy atom. The van der Waals surface area contributed by atoms with Gasteiger partial charge in [0.15, 0.2) is 0 Å². The lowest BCUT2D eigenvalue weighted by Crippen LogP contribution is -2.36. The van der Waals surface area contributed by atoms with Gasteiger partial charge in [0.05, 0.1) is 17.4 Å². The molecule has 1 aromatic rings. The quantitative estimate of drug-likeness (QED) is 0.640. The van der Waals surface area contributed by atoms with E-state index in [0.29, 0.717) is 0 Å². The summed E-state index contributed by atoms with van der Waals surface area (Å²) in [5, 5.41) is 22.4. The summed E-state index contributed by atoms with van der Waals surface area (Å²) in [7, 11) is 0. The van der Waals surface area contributed by atoms with Crippen LogP contribution in [0.2, 0.25) is 0 Å². The Labute approximate surface area is 115 Å². The molecular formula is C13H17FN2O4. The van der Waals surface area contributed by atoms with Crippen LogP contribution in [0.3, 0.4) is 0 Å². The largest absolute Gasteiger partial charge is 0.481 e. The van der Waals surface area contributed by atoms with E-state index in [1.165, 1.54) is 6.07 Å². The molecule has 1 rings (SSSR count). The number of hydrogen-bond acceptors (Lipinski definition) is 4. The molecule has 0 amide bonds. The molecule has 20 heavy (non-hydrogen) atoms. The van der Waals surface area contributed by atoms with E-state index >= 15 is 0 Å². The fraction of sp³-hybridized carbons (Fsp3) is 0.462. The SMILES string of the molecule is CC(C)(C)C(CC(=O)O)Nc1cc(F)cc([N+](=O)[O-])c1. The highest BCUT2D eigenvalue weighted by Crippen LogP contribution is 2.28. The van der Waals surface area contributed by atoms with Crippen molar-refractivity contribution in [3.05, 3.63) is 34.1 Å². The number of hydrogen-bond donors (Lipinski definition) is 2. The second-order valence-corrected chi connectivity index (χ2v) is 5.62. The fourth-order valence-corrected chi connectivity index (χ4v) is 1.71. The van der Waals surface area contributed by atoms with Gasteiger partial charge in [-0.15, -0.1) is 0 Å². The number of non-ortho nitro benzene ring substituents is 1. The third-order valence-corrected chi connectivity index (χ3v) is 2.86. The summed E-state index contributed by atoms with van der Waals surface area (Å²) < 4.78 is 13.3. The van der Waals surface area contributed by atoms with Gasteiger partial charge in [-0.05, 0) is 11.5 Å². The number of nitro benzene ring substituents is 1. The highest BCUT2D eigenvalue weighted by atomic mass is 19.1. The van der Waals surface area contributed by atoms with Crippen molar-refractivity contribution in [1.29, 1.82) is 0 Å². The van der Waals surface area contributed by atoms with Crippen molar-refractivity contribution < 1.29 is 19.2 Å². The van der Waals surface area contributed by atoms with Crippen LogP contribution in [0, 0.1) is 21.3 Å². The first-order valence-corrected chi connectivity index (χ1v) is 6.03. The molecule has 0 aliphatic rings. The molecule has 0 fully saturated rings. The van der Waals surface area contributed by atoms with Crippen LogP contribution in [0.5, 0.6) is 0 Å². The average molecular weight is 284 g/mol. The number of aliphatic carboxylic acids is 1. The van der Waals surface area contributed by atoms with Gasteiger partial charge >= 0.3 is 5.97 Å². The summed E-state index contributed by atoms with van der Waals surface area (Å²) in [6.45, 7) is 5.50. The molecule has 0 bridgehead atoms. The third kappa shape index (κ3) is 4.49. The fourth-order valence-electron chi connectivity index (χ4n) is 1.71. The number of nitro groups is 1. The summed E-state index contributed by atoms with van der Waals surface area (Å²) in [5.41, 5.74) is -0.590. The molecule has 0 saturated heterocycles. The summed E-state index contributed by atoms with van der Waals surface area (Å²) in [5.74, 6) is -1.74. The van der Waals surface area contributed by atoms with Crippen molar-refractivity contribution in [3.8, 4) is 0 Å². The molecule has 0 saturated carbocycles. The van der Waals surface area contributed by atoms with Crippen LogP contribution in [0.25, 0.3) is 0 Å². The van der Waals surface area contributed by atoms with Crippen molar-refractivity contribution >= 4 is 17.3 Å². The number of anilines is 1. The Hall–Kier alpha value is -2.18. The van der Waals surface area contributed by atoms with Gasteiger partial charge in [0.1, 0.15) is 5.82 Å². The lowest BCUT2D eigenvalue weighted by atomic mass is 9.84. The van der Waals surface area contributed by atoms with Gasteiger partial charge in [0.2, 0.25) is 0 Å². The molecule has 0 aliphatic carbocycles. The molecule has 0 aromatic heterocycles. The number of rotatable bonds is 5. The lowest BCUT2D eigenvalue weighted by molar-refractivity contribution is -0.385. The predicted octanol–water partition coefficient (Wildman–Crippen LogP) is 3.04. The first-order valence-electron chi connectivity index (χ1n) is 6.03. The van der Waals surface area contributed by atoms with Crippen LogP contribution in [-0.2, 0) is 4.79 Å². The normalized spacial score (nSPS) is 12.8. The first kappa shape index (κ1) is 15.9. The molecular weight excluding hydrogens is 267 g/mol. The minimum absolute atomic E-state index is 0.173. The molecule has 0 spiro atoms. The molecule has 2 N–H and O–H groups in total. The Morgan fingerprint density at radius 3 is 2.50 bits per heavy atom. The standard InChI is InChI=1S/C13H17FN2O4/c1-13(2,3)11(7-12(17)18)15-9-4-8(14)5-10(6-9)16(19)20/h4-6,11,15H,7H2,1-3H3,(H,17,18). The van der Waals surface area contributed by atoms with E-state index in [-0.39, 0.29) is 17.8 Å². The highest BCUT2D eigenvalue weighted by Gasteiger charge is 2.27. The zero-order valence-corrected chi connectivity index (χ0v) is 11.5. The second kappa shape index (κ2) is 5.85. The third-order valence-electron chi connectivity index (χ3n) is 2.86. The summed E-state index contributed by atoms with van der Waals surface area (Å²) in [6, 6.07) is 2.62. The second-order valence-electron chi connectivity index (χ2n) is 5.62. The Balaban J connectivity index is 3.04. The molecule has 110 valence electrons. The van der Waals surface area contributed by atoms with Crippen molar-refractivity contribution in [1.82, 2.24) is 0 Å². The molecule has 1 aromatic carbocycles. The molecule has 0 aliphatic heterocycles. The van der Waals surface area contributed by atoms with Crippen LogP contribution in [0.15, 0.2) is 18.2 Å². The minimum atomic E-state index is -0.997. The zero-order chi connectivity index (χ0) is 15.5. The maximum atomic E-state index is 13.3. The maximum absolute atomic E-state index is 13.3. The van der Waals surface area contributed by atoms with Crippen molar-refractivity contribution in [2.24, 2.45) is 5.41 Å². The van der Waals surface area contributed by atoms with Crippen molar-refractivity contribution in [3.63, 3.8) is 0 Å². The van der Waals surface area contributed by atoms with E-state index in [9.17, 15) is 19.3 Å². The first-order chi connectivity index (χ1) is 9.09. The van der Waals surface area contributed by atoms with Gasteiger partial charge in [-0.1, -0.05) is 20.8 Å². The Kier molecular flexibility index (Phi) is 4.65. The molecule has 1 atom stereocenters. The number of halogens is 1. The number of nitrogens with zero attached hydrogens (tertiary/aromatic N) is 1. The van der Waals surface area contributed by atoms with Crippen molar-refractivity contribution in [2.75, 3.05) is 5.32 Å².